The molecule has 2 aliphatic heterocycles. The molecule has 234 valence electrons. The number of piperazine rings is 1. The summed E-state index contributed by atoms with van der Waals surface area (Å²) in [5, 5.41) is 9.82. The van der Waals surface area contributed by atoms with E-state index in [9.17, 15) is 27.6 Å². The summed E-state index contributed by atoms with van der Waals surface area (Å²) in [6.45, 7) is 4.31. The number of halogens is 4. The number of aromatic nitrogens is 4. The Labute approximate surface area is 256 Å². The fraction of sp³-hybridized carbons (Fsp3) is 0.483. The lowest BCUT2D eigenvalue weighted by Gasteiger charge is -2.38. The van der Waals surface area contributed by atoms with E-state index in [4.69, 9.17) is 11.6 Å². The van der Waals surface area contributed by atoms with E-state index in [-0.39, 0.29) is 51.2 Å². The lowest BCUT2D eigenvalue weighted by Crippen LogP contribution is -2.58. The first-order valence-corrected chi connectivity index (χ1v) is 14.9. The van der Waals surface area contributed by atoms with E-state index in [2.05, 4.69) is 20.7 Å². The predicted octanol–water partition coefficient (Wildman–Crippen LogP) is 3.97. The molecule has 1 aliphatic carbocycles. The summed E-state index contributed by atoms with van der Waals surface area (Å²) in [5.41, 5.74) is -1.11. The molecule has 11 nitrogen and oxygen atoms in total. The molecule has 3 amide bonds. The summed E-state index contributed by atoms with van der Waals surface area (Å²) in [5.74, 6) is -1.01. The van der Waals surface area contributed by atoms with Crippen molar-refractivity contribution in [2.24, 2.45) is 7.05 Å². The number of imidazole rings is 1. The number of benzene rings is 1. The van der Waals surface area contributed by atoms with Crippen molar-refractivity contribution < 1.29 is 27.6 Å². The van der Waals surface area contributed by atoms with Crippen LogP contribution in [0.1, 0.15) is 65.3 Å². The number of carbonyl (C=O) groups is 3. The Morgan fingerprint density at radius 2 is 1.82 bits per heavy atom. The minimum Gasteiger partial charge on any atom is -0.338 e. The summed E-state index contributed by atoms with van der Waals surface area (Å²) in [4.78, 5) is 46.8. The average molecular weight is 633 g/mol. The fourth-order valence-corrected chi connectivity index (χ4v) is 6.11. The van der Waals surface area contributed by atoms with Gasteiger partial charge in [-0.2, -0.15) is 18.3 Å². The first kappa shape index (κ1) is 30.1. The highest BCUT2D eigenvalue weighted by Gasteiger charge is 2.41. The standard InChI is InChI=1S/C29H32ClF3N8O3/c1-28(8-3-9-35-28)27(44)40-12-10-39(11-13-40)26(43)19-7-4-17(14-21(19)30)36-25(42)24-34-15-22(38(24)2)20-16-41(18-5-6-18)37-23(20)29(31,32)33/h4,7,14-16,18,35H,3,5-6,8-13H2,1-2H3,(H,36,42). The molecule has 0 spiro atoms. The number of nitrogens with zero attached hydrogens (tertiary/aromatic N) is 6. The molecular formula is C29H32ClF3N8O3. The minimum atomic E-state index is -4.67. The molecule has 6 rings (SSSR count). The monoisotopic (exact) mass is 632 g/mol. The molecule has 0 radical (unpaired) electrons. The highest BCUT2D eigenvalue weighted by Crippen LogP contribution is 2.41. The van der Waals surface area contributed by atoms with E-state index in [0.29, 0.717) is 26.2 Å². The summed E-state index contributed by atoms with van der Waals surface area (Å²) in [7, 11) is 1.46. The minimum absolute atomic E-state index is 0.0502. The zero-order valence-electron chi connectivity index (χ0n) is 24.2. The molecule has 1 atom stereocenters. The topological polar surface area (TPSA) is 117 Å². The molecule has 0 bridgehead atoms. The van der Waals surface area contributed by atoms with Crippen molar-refractivity contribution in [3.8, 4) is 11.3 Å². The van der Waals surface area contributed by atoms with Crippen LogP contribution in [-0.4, -0.2) is 85.1 Å². The maximum atomic E-state index is 13.7. The third-order valence-corrected chi connectivity index (χ3v) is 8.85. The third-order valence-electron chi connectivity index (χ3n) is 8.54. The number of hydrogen-bond donors (Lipinski definition) is 2. The first-order chi connectivity index (χ1) is 20.9. The van der Waals surface area contributed by atoms with E-state index in [1.807, 2.05) is 6.92 Å². The molecular weight excluding hydrogens is 601 g/mol. The average Bonchev–Trinajstić information content (AvgIpc) is 3.37. The number of rotatable bonds is 6. The van der Waals surface area contributed by atoms with Crippen LogP contribution < -0.4 is 10.6 Å². The summed E-state index contributed by atoms with van der Waals surface area (Å²) in [6, 6.07) is 4.41. The summed E-state index contributed by atoms with van der Waals surface area (Å²) in [6.07, 6.45) is 1.15. The second kappa shape index (κ2) is 11.2. The van der Waals surface area contributed by atoms with E-state index in [1.54, 1.807) is 9.80 Å². The van der Waals surface area contributed by atoms with Gasteiger partial charge in [0.1, 0.15) is 0 Å². The molecule has 44 heavy (non-hydrogen) atoms. The van der Waals surface area contributed by atoms with Crippen molar-refractivity contribution in [3.63, 3.8) is 0 Å². The van der Waals surface area contributed by atoms with Crippen LogP contribution in [-0.2, 0) is 18.0 Å². The van der Waals surface area contributed by atoms with Crippen molar-refractivity contribution in [2.75, 3.05) is 38.0 Å². The Balaban J connectivity index is 1.11. The molecule has 3 aromatic rings. The van der Waals surface area contributed by atoms with Crippen molar-refractivity contribution in [1.29, 1.82) is 0 Å². The number of alkyl halides is 3. The molecule has 3 aliphatic rings. The van der Waals surface area contributed by atoms with Crippen LogP contribution >= 0.6 is 11.6 Å². The highest BCUT2D eigenvalue weighted by molar-refractivity contribution is 6.34. The van der Waals surface area contributed by atoms with E-state index >= 15 is 0 Å². The quantitative estimate of drug-likeness (QED) is 0.425. The smallest absolute Gasteiger partial charge is 0.338 e. The first-order valence-electron chi connectivity index (χ1n) is 14.5. The third kappa shape index (κ3) is 5.68. The van der Waals surface area contributed by atoms with Gasteiger partial charge in [0, 0.05) is 45.1 Å². The molecule has 1 saturated carbocycles. The van der Waals surface area contributed by atoms with Crippen molar-refractivity contribution >= 4 is 35.0 Å². The number of anilines is 1. The van der Waals surface area contributed by atoms with Gasteiger partial charge < -0.3 is 25.0 Å². The molecule has 3 fully saturated rings. The van der Waals surface area contributed by atoms with Crippen molar-refractivity contribution in [2.45, 2.75) is 50.4 Å². The Kier molecular flexibility index (Phi) is 7.68. The van der Waals surface area contributed by atoms with E-state index < -0.39 is 23.3 Å². The lowest BCUT2D eigenvalue weighted by molar-refractivity contribution is -0.141. The van der Waals surface area contributed by atoms with Gasteiger partial charge in [-0.25, -0.2) is 4.98 Å². The second-order valence-corrected chi connectivity index (χ2v) is 12.1. The summed E-state index contributed by atoms with van der Waals surface area (Å²) < 4.78 is 43.8. The van der Waals surface area contributed by atoms with E-state index in [1.165, 1.54) is 46.9 Å². The van der Waals surface area contributed by atoms with Crippen LogP contribution in [0.4, 0.5) is 18.9 Å². The summed E-state index contributed by atoms with van der Waals surface area (Å²) >= 11 is 6.46. The van der Waals surface area contributed by atoms with E-state index in [0.717, 1.165) is 32.2 Å². The van der Waals surface area contributed by atoms with Crippen LogP contribution in [0.2, 0.25) is 5.02 Å². The van der Waals surface area contributed by atoms with Crippen molar-refractivity contribution in [1.82, 2.24) is 34.4 Å². The van der Waals surface area contributed by atoms with Gasteiger partial charge in [-0.1, -0.05) is 11.6 Å². The fourth-order valence-electron chi connectivity index (χ4n) is 5.85. The van der Waals surface area contributed by atoms with Crippen LogP contribution in [0.15, 0.2) is 30.6 Å². The van der Waals surface area contributed by atoms with Crippen LogP contribution in [0.5, 0.6) is 0 Å². The number of carbonyl (C=O) groups excluding carboxylic acids is 3. The van der Waals surface area contributed by atoms with Gasteiger partial charge in [0.2, 0.25) is 5.91 Å². The normalized spacial score (nSPS) is 20.7. The largest absolute Gasteiger partial charge is 0.435 e. The van der Waals surface area contributed by atoms with Gasteiger partial charge in [0.15, 0.2) is 11.5 Å². The Morgan fingerprint density at radius 1 is 1.11 bits per heavy atom. The van der Waals surface area contributed by atoms with Gasteiger partial charge in [-0.3, -0.25) is 19.1 Å². The van der Waals surface area contributed by atoms with Crippen LogP contribution in [0.25, 0.3) is 11.3 Å². The Morgan fingerprint density at radius 3 is 2.43 bits per heavy atom. The number of nitrogens with one attached hydrogen (secondary N) is 2. The maximum absolute atomic E-state index is 13.7. The second-order valence-electron chi connectivity index (χ2n) is 11.7. The number of hydrogen-bond acceptors (Lipinski definition) is 6. The molecule has 1 unspecified atom stereocenters. The van der Waals surface area contributed by atoms with Crippen LogP contribution in [0, 0.1) is 0 Å². The van der Waals surface area contributed by atoms with Crippen LogP contribution in [0.3, 0.4) is 0 Å². The Bertz CT molecular complexity index is 1620. The number of amides is 3. The lowest BCUT2D eigenvalue weighted by atomic mass is 9.98. The molecule has 4 heterocycles. The zero-order chi connectivity index (χ0) is 31.4. The van der Waals surface area contributed by atoms with Gasteiger partial charge in [0.25, 0.3) is 11.8 Å². The SMILES string of the molecule is Cn1c(-c2cn(C3CC3)nc2C(F)(F)F)cnc1C(=O)Nc1ccc(C(=O)N2CCN(C(=O)C3(C)CCCN3)CC2)c(Cl)c1. The highest BCUT2D eigenvalue weighted by atomic mass is 35.5. The molecule has 2 aromatic heterocycles. The molecule has 2 saturated heterocycles. The van der Waals surface area contributed by atoms with Gasteiger partial charge in [0.05, 0.1) is 39.6 Å². The van der Waals surface area contributed by atoms with Crippen molar-refractivity contribution in [3.05, 3.63) is 52.7 Å². The molecule has 1 aromatic carbocycles. The molecule has 2 N–H and O–H groups in total. The zero-order valence-corrected chi connectivity index (χ0v) is 25.0. The van der Waals surface area contributed by atoms with Gasteiger partial charge in [-0.05, 0) is 57.4 Å². The Hall–Kier alpha value is -3.91. The van der Waals surface area contributed by atoms with Gasteiger partial charge >= 0.3 is 6.18 Å². The maximum Gasteiger partial charge on any atom is 0.435 e. The predicted molar refractivity (Wildman–Crippen MR) is 155 cm³/mol. The molecule has 15 heteroatoms. The van der Waals surface area contributed by atoms with Gasteiger partial charge in [-0.15, -0.1) is 0 Å².